The minimum Gasteiger partial charge on any atom is -0.288 e. The molecule has 4 aromatic rings. The molecule has 0 unspecified atom stereocenters. The molecule has 122 valence electrons. The number of hydrazine groups is 1. The van der Waals surface area contributed by atoms with Gasteiger partial charge in [-0.2, -0.15) is 9.36 Å². The van der Waals surface area contributed by atoms with Gasteiger partial charge in [0.25, 0.3) is 5.95 Å². The maximum Gasteiger partial charge on any atom is 0.261 e. The van der Waals surface area contributed by atoms with E-state index in [0.29, 0.717) is 23.8 Å². The van der Waals surface area contributed by atoms with Crippen molar-refractivity contribution in [1.29, 1.82) is 0 Å². The van der Waals surface area contributed by atoms with E-state index in [1.54, 1.807) is 29.3 Å². The third kappa shape index (κ3) is 2.48. The molecule has 0 atom stereocenters. The monoisotopic (exact) mass is 349 g/mol. The molecule has 0 saturated heterocycles. The third-order valence-corrected chi connectivity index (χ3v) is 4.54. The Labute approximate surface area is 145 Å². The summed E-state index contributed by atoms with van der Waals surface area (Å²) in [6, 6.07) is 0. The largest absolute Gasteiger partial charge is 0.288 e. The molecule has 0 radical (unpaired) electrons. The zero-order chi connectivity index (χ0) is 16.6. The summed E-state index contributed by atoms with van der Waals surface area (Å²) in [5.74, 6) is 0.488. The van der Waals surface area contributed by atoms with Gasteiger partial charge in [0.15, 0.2) is 5.65 Å². The number of fused-ring (bicyclic) bond motifs is 2. The SMILES string of the molecule is C1=c2cnsc2=CCN1Nc1nc2c(-c3cncnc3)nccn2n1. The molecule has 1 aliphatic rings. The highest BCUT2D eigenvalue weighted by Gasteiger charge is 2.13. The summed E-state index contributed by atoms with van der Waals surface area (Å²) in [7, 11) is 0. The van der Waals surface area contributed by atoms with Gasteiger partial charge in [0.2, 0.25) is 0 Å². The van der Waals surface area contributed by atoms with Gasteiger partial charge < -0.3 is 0 Å². The molecule has 0 aromatic carbocycles. The third-order valence-electron chi connectivity index (χ3n) is 3.73. The standard InChI is InChI=1S/C15H11N9S/c1-3-23(8-11-7-19-25-12(1)11)21-15-20-14-13(10-5-16-9-17-6-10)18-2-4-24(14)22-15/h1-2,4-9H,3H2,(H,21,22). The second kappa shape index (κ2) is 5.60. The van der Waals surface area contributed by atoms with E-state index in [9.17, 15) is 0 Å². The van der Waals surface area contributed by atoms with Gasteiger partial charge in [0.1, 0.15) is 12.0 Å². The Bertz CT molecular complexity index is 1160. The van der Waals surface area contributed by atoms with Crippen LogP contribution in [0.25, 0.3) is 29.2 Å². The molecule has 5 rings (SSSR count). The van der Waals surface area contributed by atoms with Gasteiger partial charge in [-0.3, -0.25) is 15.4 Å². The van der Waals surface area contributed by atoms with E-state index >= 15 is 0 Å². The fourth-order valence-electron chi connectivity index (χ4n) is 2.61. The molecule has 4 aromatic heterocycles. The lowest BCUT2D eigenvalue weighted by Crippen LogP contribution is -2.35. The van der Waals surface area contributed by atoms with E-state index in [0.717, 1.165) is 10.8 Å². The molecule has 0 saturated carbocycles. The molecule has 0 aliphatic carbocycles. The highest BCUT2D eigenvalue weighted by atomic mass is 32.1. The first kappa shape index (κ1) is 14.0. The van der Waals surface area contributed by atoms with Crippen LogP contribution in [-0.4, -0.2) is 45.5 Å². The van der Waals surface area contributed by atoms with Crippen molar-refractivity contribution in [3.8, 4) is 11.3 Å². The van der Waals surface area contributed by atoms with Crippen molar-refractivity contribution in [1.82, 2.24) is 38.9 Å². The summed E-state index contributed by atoms with van der Waals surface area (Å²) in [5, 5.41) is 7.46. The van der Waals surface area contributed by atoms with Crippen molar-refractivity contribution in [3.63, 3.8) is 0 Å². The lowest BCUT2D eigenvalue weighted by Gasteiger charge is -2.19. The first-order valence-electron chi connectivity index (χ1n) is 7.50. The Kier molecular flexibility index (Phi) is 3.13. The van der Waals surface area contributed by atoms with Crippen LogP contribution in [0.3, 0.4) is 0 Å². The van der Waals surface area contributed by atoms with E-state index in [1.165, 1.54) is 22.4 Å². The fourth-order valence-corrected chi connectivity index (χ4v) is 3.25. The summed E-state index contributed by atoms with van der Waals surface area (Å²) in [4.78, 5) is 17.0. The van der Waals surface area contributed by atoms with E-state index < -0.39 is 0 Å². The van der Waals surface area contributed by atoms with Crippen molar-refractivity contribution >= 4 is 35.4 Å². The van der Waals surface area contributed by atoms with Gasteiger partial charge >= 0.3 is 0 Å². The summed E-state index contributed by atoms with van der Waals surface area (Å²) < 4.78 is 7.06. The first-order valence-corrected chi connectivity index (χ1v) is 8.27. The second-order valence-electron chi connectivity index (χ2n) is 5.35. The van der Waals surface area contributed by atoms with Crippen molar-refractivity contribution in [2.45, 2.75) is 0 Å². The first-order chi connectivity index (χ1) is 12.4. The molecule has 1 N–H and O–H groups in total. The number of hydrogen-bond acceptors (Lipinski definition) is 9. The molecule has 5 heterocycles. The molecule has 0 fully saturated rings. The van der Waals surface area contributed by atoms with Crippen molar-refractivity contribution in [2.24, 2.45) is 0 Å². The molecule has 9 nitrogen and oxygen atoms in total. The summed E-state index contributed by atoms with van der Waals surface area (Å²) in [6.07, 6.45) is 14.3. The van der Waals surface area contributed by atoms with E-state index in [4.69, 9.17) is 0 Å². The van der Waals surface area contributed by atoms with Crippen LogP contribution in [0.5, 0.6) is 0 Å². The van der Waals surface area contributed by atoms with Gasteiger partial charge in [-0.05, 0) is 17.6 Å². The number of aromatic nitrogens is 7. The highest BCUT2D eigenvalue weighted by Crippen LogP contribution is 2.20. The predicted molar refractivity (Wildman–Crippen MR) is 92.4 cm³/mol. The summed E-state index contributed by atoms with van der Waals surface area (Å²) in [6.45, 7) is 0.711. The van der Waals surface area contributed by atoms with Crippen LogP contribution in [0.1, 0.15) is 0 Å². The molecule has 0 amide bonds. The Morgan fingerprint density at radius 3 is 3.00 bits per heavy atom. The molecule has 10 heteroatoms. The normalized spacial score (nSPS) is 13.2. The quantitative estimate of drug-likeness (QED) is 0.548. The molecule has 0 bridgehead atoms. The van der Waals surface area contributed by atoms with Crippen molar-refractivity contribution in [3.05, 3.63) is 47.1 Å². The zero-order valence-corrected chi connectivity index (χ0v) is 13.6. The van der Waals surface area contributed by atoms with Crippen molar-refractivity contribution in [2.75, 3.05) is 12.0 Å². The average Bonchev–Trinajstić information content (AvgIpc) is 3.27. The van der Waals surface area contributed by atoms with Crippen LogP contribution >= 0.6 is 11.5 Å². The minimum absolute atomic E-state index is 0.488. The Hall–Kier alpha value is -3.40. The molecular weight excluding hydrogens is 338 g/mol. The molecule has 0 spiro atoms. The van der Waals surface area contributed by atoms with Crippen LogP contribution in [-0.2, 0) is 0 Å². The predicted octanol–water partition coefficient (Wildman–Crippen LogP) is -0.101. The molecule has 25 heavy (non-hydrogen) atoms. The summed E-state index contributed by atoms with van der Waals surface area (Å²) in [5.41, 5.74) is 5.31. The molecule has 1 aliphatic heterocycles. The summed E-state index contributed by atoms with van der Waals surface area (Å²) >= 11 is 1.49. The Morgan fingerprint density at radius 2 is 2.08 bits per heavy atom. The maximum atomic E-state index is 4.56. The van der Waals surface area contributed by atoms with E-state index in [-0.39, 0.29) is 0 Å². The van der Waals surface area contributed by atoms with Gasteiger partial charge in [-0.1, -0.05) is 0 Å². The van der Waals surface area contributed by atoms with Crippen LogP contribution in [0.2, 0.25) is 0 Å². The molecular formula is C15H11N9S. The van der Waals surface area contributed by atoms with Gasteiger partial charge in [-0.25, -0.2) is 14.5 Å². The zero-order valence-electron chi connectivity index (χ0n) is 12.8. The van der Waals surface area contributed by atoms with E-state index in [1.807, 2.05) is 17.4 Å². The van der Waals surface area contributed by atoms with Gasteiger partial charge in [0, 0.05) is 41.8 Å². The van der Waals surface area contributed by atoms with Crippen LogP contribution in [0.4, 0.5) is 5.95 Å². The number of rotatable bonds is 3. The van der Waals surface area contributed by atoms with Crippen LogP contribution in [0.15, 0.2) is 37.3 Å². The number of hydrogen-bond donors (Lipinski definition) is 1. The van der Waals surface area contributed by atoms with Crippen LogP contribution < -0.4 is 15.2 Å². The number of anilines is 1. The number of nitrogens with zero attached hydrogens (tertiary/aromatic N) is 8. The fraction of sp³-hybridized carbons (Fsp3) is 0.0667. The van der Waals surface area contributed by atoms with Crippen molar-refractivity contribution < 1.29 is 0 Å². The van der Waals surface area contributed by atoms with Crippen LogP contribution in [0, 0.1) is 0 Å². The minimum atomic E-state index is 0.488. The Balaban J connectivity index is 1.51. The average molecular weight is 349 g/mol. The lowest BCUT2D eigenvalue weighted by molar-refractivity contribution is 0.545. The maximum absolute atomic E-state index is 4.56. The highest BCUT2D eigenvalue weighted by molar-refractivity contribution is 7.03. The topological polar surface area (TPSA) is 97.0 Å². The smallest absolute Gasteiger partial charge is 0.261 e. The Morgan fingerprint density at radius 1 is 1.16 bits per heavy atom. The lowest BCUT2D eigenvalue weighted by atomic mass is 10.2. The number of nitrogens with one attached hydrogen (secondary N) is 1. The van der Waals surface area contributed by atoms with Gasteiger partial charge in [-0.15, -0.1) is 5.10 Å². The van der Waals surface area contributed by atoms with E-state index in [2.05, 4.69) is 40.9 Å². The van der Waals surface area contributed by atoms with Gasteiger partial charge in [0.05, 0.1) is 17.3 Å². The second-order valence-corrected chi connectivity index (χ2v) is 6.18.